The molecule has 0 N–H and O–H groups in total. The van der Waals surface area contributed by atoms with E-state index in [4.69, 9.17) is 0 Å². The van der Waals surface area contributed by atoms with Crippen molar-refractivity contribution in [2.75, 3.05) is 0 Å². The Morgan fingerprint density at radius 1 is 0.733 bits per heavy atom. The first-order valence-electron chi connectivity index (χ1n) is 9.76. The minimum Gasteiger partial charge on any atom is -0.426 e. The lowest BCUT2D eigenvalue weighted by Crippen LogP contribution is -2.41. The lowest BCUT2D eigenvalue weighted by Gasteiger charge is -2.23. The molecule has 0 saturated heterocycles. The van der Waals surface area contributed by atoms with Crippen molar-refractivity contribution in [2.24, 2.45) is 0 Å². The summed E-state index contributed by atoms with van der Waals surface area (Å²) < 4.78 is 106. The molecule has 2 saturated carbocycles. The first-order valence-corrected chi connectivity index (χ1v) is 11.4. The van der Waals surface area contributed by atoms with Gasteiger partial charge in [-0.05, 0) is 75.6 Å². The van der Waals surface area contributed by atoms with Crippen LogP contribution in [0.4, 0.5) is 39.2 Å². The van der Waals surface area contributed by atoms with Crippen LogP contribution in [-0.2, 0) is 0 Å². The van der Waals surface area contributed by atoms with Gasteiger partial charge in [-0.1, -0.05) is 0 Å². The van der Waals surface area contributed by atoms with Gasteiger partial charge in [-0.3, -0.25) is 0 Å². The Hall–Kier alpha value is -1.12. The number of hydrogen-bond acceptors (Lipinski definition) is 1. The van der Waals surface area contributed by atoms with Crippen LogP contribution in [0.1, 0.15) is 51.4 Å². The number of benzene rings is 1. The van der Waals surface area contributed by atoms with Crippen molar-refractivity contribution >= 4 is 20.5 Å². The topological polar surface area (TPSA) is 9.23 Å². The number of halogens is 9. The second-order valence-corrected chi connectivity index (χ2v) is 10.7. The zero-order valence-electron chi connectivity index (χ0n) is 16.0. The van der Waals surface area contributed by atoms with Crippen molar-refractivity contribution in [3.05, 3.63) is 24.3 Å². The highest BCUT2D eigenvalue weighted by atomic mass is 31.1. The fourth-order valence-electron chi connectivity index (χ4n) is 4.20. The van der Waals surface area contributed by atoms with Gasteiger partial charge < -0.3 is 22.0 Å². The van der Waals surface area contributed by atoms with Crippen LogP contribution < -0.4 is 10.0 Å². The second-order valence-electron chi connectivity index (χ2n) is 7.55. The Morgan fingerprint density at radius 3 is 1.43 bits per heavy atom. The van der Waals surface area contributed by atoms with E-state index in [1.165, 1.54) is 63.5 Å². The van der Waals surface area contributed by atoms with Gasteiger partial charge in [0.25, 0.3) is 0 Å². The van der Waals surface area contributed by atoms with E-state index in [0.717, 1.165) is 5.30 Å². The molecule has 3 rings (SSSR count). The summed E-state index contributed by atoms with van der Waals surface area (Å²) in [4.78, 5) is 0. The van der Waals surface area contributed by atoms with Crippen LogP contribution >= 0.6 is 7.92 Å². The van der Waals surface area contributed by atoms with E-state index in [1.807, 2.05) is 0 Å². The van der Waals surface area contributed by atoms with E-state index < -0.39 is 33.2 Å². The second kappa shape index (κ2) is 10.0. The van der Waals surface area contributed by atoms with Crippen molar-refractivity contribution in [2.45, 2.75) is 75.0 Å². The van der Waals surface area contributed by atoms with E-state index in [1.54, 1.807) is 12.1 Å². The molecule has 0 unspecified atom stereocenters. The van der Waals surface area contributed by atoms with Gasteiger partial charge in [0.15, 0.2) is 0 Å². The molecule has 1 aromatic carbocycles. The van der Waals surface area contributed by atoms with Gasteiger partial charge in [0, 0.05) is 7.92 Å². The molecular weight excluding hydrogens is 445 g/mol. The van der Waals surface area contributed by atoms with E-state index in [9.17, 15) is 39.2 Å². The van der Waals surface area contributed by atoms with Gasteiger partial charge >= 0.3 is 19.5 Å². The van der Waals surface area contributed by atoms with Crippen LogP contribution in [0.2, 0.25) is 0 Å². The lowest BCUT2D eigenvalue weighted by molar-refractivity contribution is -0.360. The van der Waals surface area contributed by atoms with E-state index in [-0.39, 0.29) is 0 Å². The number of rotatable bonds is 5. The molecule has 0 aliphatic heterocycles. The summed E-state index contributed by atoms with van der Waals surface area (Å²) in [6, 6.07) is 5.96. The third-order valence-corrected chi connectivity index (χ3v) is 9.27. The third-order valence-electron chi connectivity index (χ3n) is 5.35. The minimum absolute atomic E-state index is 0.440. The average molecular weight is 468 g/mol. The normalized spacial score (nSPS) is 19.1. The molecule has 1 aromatic rings. The maximum absolute atomic E-state index is 13.0. The first kappa shape index (κ1) is 25.1. The average Bonchev–Trinajstić information content (AvgIpc) is 3.28. The molecule has 2 aliphatic carbocycles. The van der Waals surface area contributed by atoms with Gasteiger partial charge in [0.2, 0.25) is 0 Å². The van der Waals surface area contributed by atoms with Gasteiger partial charge in [0.1, 0.15) is 5.75 Å². The van der Waals surface area contributed by atoms with Crippen molar-refractivity contribution in [3.63, 3.8) is 0 Å². The lowest BCUT2D eigenvalue weighted by atomic mass is 10.3. The summed E-state index contributed by atoms with van der Waals surface area (Å²) in [6.45, 7) is 0. The molecule has 0 heterocycles. The summed E-state index contributed by atoms with van der Waals surface area (Å²) in [7, 11) is -6.83. The molecule has 0 amide bonds. The Morgan fingerprint density at radius 2 is 1.10 bits per heavy atom. The molecule has 0 atom stereocenters. The predicted octanol–water partition coefficient (Wildman–Crippen LogP) is 7.25. The fraction of sp³-hybridized carbons (Fsp3) is 0.667. The van der Waals surface area contributed by atoms with Gasteiger partial charge in [0.05, 0.1) is 16.6 Å². The number of alkyl halides is 5. The summed E-state index contributed by atoms with van der Waals surface area (Å²) in [6.07, 6.45) is -1.05. The van der Waals surface area contributed by atoms with Crippen LogP contribution in [0.25, 0.3) is 0 Å². The predicted molar refractivity (Wildman–Crippen MR) is 101 cm³/mol. The number of hydrogen-bond donors (Lipinski definition) is 0. The molecule has 2 aliphatic rings. The quantitative estimate of drug-likeness (QED) is 0.252. The maximum Gasteiger partial charge on any atom is 0.673 e. The molecule has 0 spiro atoms. The summed E-state index contributed by atoms with van der Waals surface area (Å²) >= 11 is 0. The molecule has 12 heteroatoms. The summed E-state index contributed by atoms with van der Waals surface area (Å²) in [5.74, 6) is -0.440. The fourth-order valence-corrected chi connectivity index (χ4v) is 8.42. The van der Waals surface area contributed by atoms with Crippen LogP contribution in [0.15, 0.2) is 24.3 Å². The van der Waals surface area contributed by atoms with Crippen LogP contribution in [0, 0.1) is 0 Å². The van der Waals surface area contributed by atoms with Crippen LogP contribution in [0.5, 0.6) is 5.75 Å². The van der Waals surface area contributed by atoms with E-state index in [2.05, 4.69) is 4.74 Å². The Labute approximate surface area is 170 Å². The zero-order chi connectivity index (χ0) is 22.6. The highest BCUT2D eigenvalue weighted by Gasteiger charge is 2.61. The van der Waals surface area contributed by atoms with Crippen molar-refractivity contribution < 1.29 is 44.0 Å². The summed E-state index contributed by atoms with van der Waals surface area (Å²) in [5, 5.41) is 1.14. The molecule has 2 fully saturated rings. The largest absolute Gasteiger partial charge is 0.673 e. The maximum atomic E-state index is 13.0. The van der Waals surface area contributed by atoms with Gasteiger partial charge in [-0.15, -0.1) is 0 Å². The van der Waals surface area contributed by atoms with Gasteiger partial charge in [-0.25, -0.2) is 0 Å². The SMILES string of the molecule is FC(F)(F)C(F)(F)Oc1ccc([PH+](C2CCCC2)C2CCCC2)cc1.F[B-](F)(F)F. The van der Waals surface area contributed by atoms with Crippen LogP contribution in [-0.4, -0.2) is 30.9 Å². The molecule has 0 radical (unpaired) electrons. The Balaban J connectivity index is 0.000000575. The molecule has 172 valence electrons. The number of ether oxygens (including phenoxy) is 1. The molecule has 1 nitrogen and oxygen atoms in total. The zero-order valence-corrected chi connectivity index (χ0v) is 17.0. The molecule has 30 heavy (non-hydrogen) atoms. The molecule has 0 aromatic heterocycles. The summed E-state index contributed by atoms with van der Waals surface area (Å²) in [5.41, 5.74) is 1.38. The highest BCUT2D eigenvalue weighted by Crippen LogP contribution is 2.56. The van der Waals surface area contributed by atoms with E-state index >= 15 is 0 Å². The van der Waals surface area contributed by atoms with Crippen molar-refractivity contribution in [1.29, 1.82) is 0 Å². The van der Waals surface area contributed by atoms with Crippen molar-refractivity contribution in [3.8, 4) is 5.75 Å². The molecular formula is C18H23BF9OP. The monoisotopic (exact) mass is 468 g/mol. The van der Waals surface area contributed by atoms with E-state index in [0.29, 0.717) is 11.3 Å². The third kappa shape index (κ3) is 7.54. The van der Waals surface area contributed by atoms with Crippen LogP contribution in [0.3, 0.4) is 0 Å². The minimum atomic E-state index is -6.00. The highest BCUT2D eigenvalue weighted by molar-refractivity contribution is 7.67. The standard InChI is InChI=1S/C18H22F5OP.BF4/c19-17(20,21)18(22,23)24-13-9-11-16(12-10-13)25(14-5-1-2-6-14)15-7-3-4-8-15;2-1(3,4)5/h9-12,14-15H,1-8H2;/q;-1/p+1. The first-order chi connectivity index (χ1) is 13.8. The molecule has 0 bridgehead atoms. The van der Waals surface area contributed by atoms with Gasteiger partial charge in [-0.2, -0.15) is 22.0 Å². The Kier molecular flexibility index (Phi) is 8.39. The Bertz CT molecular complexity index is 629. The van der Waals surface area contributed by atoms with Crippen molar-refractivity contribution in [1.82, 2.24) is 0 Å². The smallest absolute Gasteiger partial charge is 0.426 e.